The highest BCUT2D eigenvalue weighted by molar-refractivity contribution is 6.30. The van der Waals surface area contributed by atoms with Crippen LogP contribution in [-0.2, 0) is 17.5 Å². The molecule has 1 saturated heterocycles. The minimum absolute atomic E-state index is 0.0149. The maximum atomic E-state index is 13.3. The molecule has 1 amide bonds. The Morgan fingerprint density at radius 3 is 2.67 bits per heavy atom. The molecule has 182 valence electrons. The Balaban J connectivity index is 1.87. The summed E-state index contributed by atoms with van der Waals surface area (Å²) in [6, 6.07) is 3.70. The van der Waals surface area contributed by atoms with Crippen LogP contribution in [0, 0.1) is 6.92 Å². The van der Waals surface area contributed by atoms with Gasteiger partial charge in [0.05, 0.1) is 17.4 Å². The minimum Gasteiger partial charge on any atom is -0.447 e. The molecule has 1 aliphatic heterocycles. The highest BCUT2D eigenvalue weighted by Gasteiger charge is 2.36. The number of nitrogens with zero attached hydrogens (tertiary/aromatic N) is 3. The molecule has 0 radical (unpaired) electrons. The first kappa shape index (κ1) is 25.2. The summed E-state index contributed by atoms with van der Waals surface area (Å²) in [5.41, 5.74) is 0.272. The molecule has 6 nitrogen and oxygen atoms in total. The van der Waals surface area contributed by atoms with E-state index in [0.717, 1.165) is 18.6 Å². The Morgan fingerprint density at radius 1 is 1.36 bits per heavy atom. The van der Waals surface area contributed by atoms with Crippen LogP contribution in [0.25, 0.3) is 0 Å². The monoisotopic (exact) mass is 487 g/mol. The molecule has 0 spiro atoms. The molecule has 0 aliphatic carbocycles. The predicted octanol–water partition coefficient (Wildman–Crippen LogP) is 6.45. The number of rotatable bonds is 6. The van der Waals surface area contributed by atoms with Gasteiger partial charge >= 0.3 is 12.3 Å². The van der Waals surface area contributed by atoms with E-state index >= 15 is 0 Å². The zero-order valence-corrected chi connectivity index (χ0v) is 19.9. The van der Waals surface area contributed by atoms with Gasteiger partial charge in [0.15, 0.2) is 0 Å². The van der Waals surface area contributed by atoms with Gasteiger partial charge in [0.1, 0.15) is 6.26 Å². The molecule has 3 rings (SSSR count). The van der Waals surface area contributed by atoms with E-state index in [-0.39, 0.29) is 35.8 Å². The second kappa shape index (κ2) is 10.2. The van der Waals surface area contributed by atoms with Crippen LogP contribution in [0.5, 0.6) is 0 Å². The van der Waals surface area contributed by atoms with E-state index in [2.05, 4.69) is 4.98 Å². The number of hydrogen-bond donors (Lipinski definition) is 0. The lowest BCUT2D eigenvalue weighted by atomic mass is 9.94. The molecule has 0 bridgehead atoms. The van der Waals surface area contributed by atoms with Crippen LogP contribution in [-0.4, -0.2) is 40.7 Å². The summed E-state index contributed by atoms with van der Waals surface area (Å²) in [7, 11) is 0. The number of piperidine rings is 1. The van der Waals surface area contributed by atoms with Crippen molar-refractivity contribution in [1.82, 2.24) is 9.88 Å². The summed E-state index contributed by atoms with van der Waals surface area (Å²) in [4.78, 5) is 20.5. The van der Waals surface area contributed by atoms with Gasteiger partial charge in [-0.1, -0.05) is 18.5 Å². The van der Waals surface area contributed by atoms with Gasteiger partial charge in [0, 0.05) is 30.2 Å². The zero-order chi connectivity index (χ0) is 24.3. The molecule has 1 fully saturated rings. The number of ether oxygens (including phenoxy) is 1. The molecule has 10 heteroatoms. The maximum absolute atomic E-state index is 13.3. The third-order valence-electron chi connectivity index (χ3n) is 5.66. The first-order valence-electron chi connectivity index (χ1n) is 11.0. The smallest absolute Gasteiger partial charge is 0.416 e. The lowest BCUT2D eigenvalue weighted by Gasteiger charge is -2.42. The van der Waals surface area contributed by atoms with Crippen LogP contribution in [0.15, 0.2) is 28.9 Å². The van der Waals surface area contributed by atoms with Crippen molar-refractivity contribution in [2.45, 2.75) is 77.9 Å². The maximum Gasteiger partial charge on any atom is 0.416 e. The number of aromatic nitrogens is 1. The summed E-state index contributed by atoms with van der Waals surface area (Å²) < 4.78 is 51.0. The summed E-state index contributed by atoms with van der Waals surface area (Å²) in [6.45, 7) is 7.99. The van der Waals surface area contributed by atoms with Gasteiger partial charge in [0.25, 0.3) is 6.01 Å². The van der Waals surface area contributed by atoms with Crippen LogP contribution < -0.4 is 4.90 Å². The summed E-state index contributed by atoms with van der Waals surface area (Å²) in [6.07, 6.45) is -1.64. The van der Waals surface area contributed by atoms with Gasteiger partial charge in [-0.25, -0.2) is 4.79 Å². The molecular formula is C23H29ClF3N3O3. The van der Waals surface area contributed by atoms with Crippen molar-refractivity contribution in [1.29, 1.82) is 0 Å². The largest absolute Gasteiger partial charge is 0.447 e. The lowest BCUT2D eigenvalue weighted by Crippen LogP contribution is -2.52. The Morgan fingerprint density at radius 2 is 2.09 bits per heavy atom. The van der Waals surface area contributed by atoms with Gasteiger partial charge in [0.2, 0.25) is 0 Å². The molecule has 33 heavy (non-hydrogen) atoms. The summed E-state index contributed by atoms with van der Waals surface area (Å²) in [5, 5.41) is 0.0149. The molecule has 1 aliphatic rings. The number of benzene rings is 1. The van der Waals surface area contributed by atoms with E-state index in [1.54, 1.807) is 25.7 Å². The van der Waals surface area contributed by atoms with Gasteiger partial charge in [-0.15, -0.1) is 0 Å². The van der Waals surface area contributed by atoms with Crippen molar-refractivity contribution in [2.75, 3.05) is 11.4 Å². The van der Waals surface area contributed by atoms with E-state index in [9.17, 15) is 18.0 Å². The standard InChI is InChI=1S/C23H29ClF3N3O3/c1-5-19-11-20(6-7-29(19)22(31)33-14(2)3)30(21-28-15(4)13-32-21)12-16-8-17(23(25,26)27)10-18(24)9-16/h8-10,13-14,19-20H,5-7,11-12H2,1-4H3/t19-,20-/m1/s1. The quantitative estimate of drug-likeness (QED) is 0.468. The Bertz CT molecular complexity index is 964. The van der Waals surface area contributed by atoms with E-state index < -0.39 is 11.7 Å². The number of amides is 1. The fourth-order valence-electron chi connectivity index (χ4n) is 4.14. The fraction of sp³-hybridized carbons (Fsp3) is 0.565. The van der Waals surface area contributed by atoms with E-state index in [1.807, 2.05) is 11.8 Å². The number of alkyl halides is 3. The number of halogens is 4. The number of aryl methyl sites for hydroxylation is 1. The number of carbonyl (C=O) groups is 1. The van der Waals surface area contributed by atoms with Crippen molar-refractivity contribution >= 4 is 23.7 Å². The molecule has 1 aromatic heterocycles. The van der Waals surface area contributed by atoms with E-state index in [1.165, 1.54) is 12.3 Å². The third kappa shape index (κ3) is 6.34. The average Bonchev–Trinajstić information content (AvgIpc) is 3.16. The van der Waals surface area contributed by atoms with Gasteiger partial charge in [-0.3, -0.25) is 0 Å². The van der Waals surface area contributed by atoms with Gasteiger partial charge in [-0.05, 0) is 63.8 Å². The zero-order valence-electron chi connectivity index (χ0n) is 19.2. The van der Waals surface area contributed by atoms with Crippen LogP contribution in [0.4, 0.5) is 24.0 Å². The highest BCUT2D eigenvalue weighted by Crippen LogP contribution is 2.34. The Labute approximate surface area is 196 Å². The normalized spacial score (nSPS) is 19.1. The summed E-state index contributed by atoms with van der Waals surface area (Å²) >= 11 is 6.00. The molecule has 2 heterocycles. The average molecular weight is 488 g/mol. The number of oxazole rings is 1. The first-order valence-corrected chi connectivity index (χ1v) is 11.4. The van der Waals surface area contributed by atoms with Crippen molar-refractivity contribution in [3.05, 3.63) is 46.3 Å². The van der Waals surface area contributed by atoms with Crippen molar-refractivity contribution in [2.24, 2.45) is 0 Å². The second-order valence-electron chi connectivity index (χ2n) is 8.61. The number of hydrogen-bond acceptors (Lipinski definition) is 5. The van der Waals surface area contributed by atoms with E-state index in [0.29, 0.717) is 36.7 Å². The van der Waals surface area contributed by atoms with Crippen LogP contribution in [0.3, 0.4) is 0 Å². The lowest BCUT2D eigenvalue weighted by molar-refractivity contribution is -0.137. The fourth-order valence-corrected chi connectivity index (χ4v) is 4.40. The van der Waals surface area contributed by atoms with Crippen LogP contribution in [0.1, 0.15) is 56.9 Å². The van der Waals surface area contributed by atoms with Gasteiger partial charge < -0.3 is 19.0 Å². The minimum atomic E-state index is -4.50. The van der Waals surface area contributed by atoms with Gasteiger partial charge in [-0.2, -0.15) is 18.2 Å². The van der Waals surface area contributed by atoms with E-state index in [4.69, 9.17) is 20.8 Å². The molecule has 0 N–H and O–H groups in total. The number of likely N-dealkylation sites (tertiary alicyclic amines) is 1. The molecule has 1 aromatic carbocycles. The molecule has 0 unspecified atom stereocenters. The topological polar surface area (TPSA) is 58.8 Å². The SMILES string of the molecule is CC[C@@H]1C[C@H](N(Cc2cc(Cl)cc(C(F)(F)F)c2)c2nc(C)co2)CCN1C(=O)OC(C)C. The number of anilines is 1. The second-order valence-corrected chi connectivity index (χ2v) is 9.05. The van der Waals surface area contributed by atoms with Crippen molar-refractivity contribution in [3.8, 4) is 0 Å². The molecule has 2 aromatic rings. The van der Waals surface area contributed by atoms with Crippen LogP contribution in [0.2, 0.25) is 5.02 Å². The van der Waals surface area contributed by atoms with Crippen molar-refractivity contribution < 1.29 is 27.1 Å². The number of carbonyl (C=O) groups excluding carboxylic acids is 1. The molecule has 2 atom stereocenters. The molecular weight excluding hydrogens is 459 g/mol. The van der Waals surface area contributed by atoms with Crippen molar-refractivity contribution in [3.63, 3.8) is 0 Å². The first-order chi connectivity index (χ1) is 15.5. The Kier molecular flexibility index (Phi) is 7.82. The highest BCUT2D eigenvalue weighted by atomic mass is 35.5. The Hall–Kier alpha value is -2.42. The molecule has 0 saturated carbocycles. The third-order valence-corrected chi connectivity index (χ3v) is 5.88. The predicted molar refractivity (Wildman–Crippen MR) is 119 cm³/mol. The van der Waals surface area contributed by atoms with Crippen LogP contribution >= 0.6 is 11.6 Å². The summed E-state index contributed by atoms with van der Waals surface area (Å²) in [5.74, 6) is 0.